The van der Waals surface area contributed by atoms with Crippen LogP contribution in [0.5, 0.6) is 0 Å². The first-order chi connectivity index (χ1) is 28.0. The predicted octanol–water partition coefficient (Wildman–Crippen LogP) is 0.816. The number of benzene rings is 2. The van der Waals surface area contributed by atoms with Gasteiger partial charge in [-0.25, -0.2) is 29.9 Å². The van der Waals surface area contributed by atoms with Gasteiger partial charge in [0, 0.05) is 34.3 Å². The van der Waals surface area contributed by atoms with Gasteiger partial charge in [0.25, 0.3) is 11.8 Å². The Bertz CT molecular complexity index is 2250. The maximum Gasteiger partial charge on any atom is 0.251 e. The summed E-state index contributed by atoms with van der Waals surface area (Å²) in [4.78, 5) is 49.4. The Kier molecular flexibility index (Phi) is 12.9. The van der Waals surface area contributed by atoms with Gasteiger partial charge in [-0.05, 0) is 80.6 Å². The lowest BCUT2D eigenvalue weighted by atomic mass is 10.1. The highest BCUT2D eigenvalue weighted by Crippen LogP contribution is 2.34. The van der Waals surface area contributed by atoms with Crippen LogP contribution in [0, 0.1) is 7.14 Å². The van der Waals surface area contributed by atoms with E-state index in [1.165, 1.54) is 48.5 Å². The molecule has 2 aliphatic heterocycles. The van der Waals surface area contributed by atoms with Gasteiger partial charge in [0.1, 0.15) is 37.1 Å². The second-order valence-corrected chi connectivity index (χ2v) is 15.6. The number of halogens is 2. The standard InChI is InChI=1S/2C18H19IN6O4/c2*1-20-17(28)14-12(26)13(27)18(29-14)25-8-24-11-15(22-7-23-16(11)25)21-6-9-3-2-4-10(19)5-9/h2*2-5,7-8,12-14,18,26-27H,6H2,1H3,(H,20,28)(H,21,22,23)/t2*12-,13+,14-,18+/m00/s1. The van der Waals surface area contributed by atoms with Crippen LogP contribution in [0.15, 0.2) is 73.8 Å². The number of aliphatic hydroxyl groups is 4. The molecule has 4 aromatic heterocycles. The minimum absolute atomic E-state index is 0.416. The Balaban J connectivity index is 0.000000177. The van der Waals surface area contributed by atoms with Crippen molar-refractivity contribution in [3.8, 4) is 0 Å². The van der Waals surface area contributed by atoms with Gasteiger partial charge in [-0.3, -0.25) is 18.7 Å². The number of nitrogens with zero attached hydrogens (tertiary/aromatic N) is 8. The average molecular weight is 1020 g/mol. The van der Waals surface area contributed by atoms with Crippen molar-refractivity contribution >= 4 is 91.0 Å². The number of likely N-dealkylation sites (N-methyl/N-ethyl adjacent to an activating group) is 2. The second-order valence-electron chi connectivity index (χ2n) is 13.1. The van der Waals surface area contributed by atoms with Crippen LogP contribution in [0.1, 0.15) is 23.6 Å². The molecule has 0 bridgehead atoms. The number of carbonyl (C=O) groups is 2. The highest BCUT2D eigenvalue weighted by atomic mass is 127. The van der Waals surface area contributed by atoms with Crippen LogP contribution >= 0.6 is 45.2 Å². The van der Waals surface area contributed by atoms with Gasteiger partial charge in [0.05, 0.1) is 12.7 Å². The van der Waals surface area contributed by atoms with Gasteiger partial charge in [-0.15, -0.1) is 0 Å². The third kappa shape index (κ3) is 8.54. The first-order valence-electron chi connectivity index (χ1n) is 17.8. The third-order valence-corrected chi connectivity index (χ3v) is 10.8. The molecule has 6 aromatic rings. The van der Waals surface area contributed by atoms with Crippen LogP contribution in [0.4, 0.5) is 11.6 Å². The van der Waals surface area contributed by atoms with E-state index in [9.17, 15) is 30.0 Å². The number of imidazole rings is 2. The quantitative estimate of drug-likeness (QED) is 0.0883. The molecular weight excluding hydrogens is 982 g/mol. The molecule has 0 saturated carbocycles. The molecule has 2 saturated heterocycles. The minimum atomic E-state index is -1.36. The summed E-state index contributed by atoms with van der Waals surface area (Å²) in [7, 11) is 2.87. The highest BCUT2D eigenvalue weighted by Gasteiger charge is 2.48. The monoisotopic (exact) mass is 1020 g/mol. The lowest BCUT2D eigenvalue weighted by Gasteiger charge is -2.16. The summed E-state index contributed by atoms with van der Waals surface area (Å²) >= 11 is 4.51. The molecule has 58 heavy (non-hydrogen) atoms. The van der Waals surface area contributed by atoms with Crippen LogP contribution in [-0.4, -0.2) is 122 Å². The van der Waals surface area contributed by atoms with Crippen molar-refractivity contribution in [1.82, 2.24) is 49.7 Å². The lowest BCUT2D eigenvalue weighted by Crippen LogP contribution is -2.41. The number of carbonyl (C=O) groups excluding carboxylic acids is 2. The van der Waals surface area contributed by atoms with Crippen molar-refractivity contribution in [2.45, 2.75) is 62.2 Å². The van der Waals surface area contributed by atoms with Crippen molar-refractivity contribution in [1.29, 1.82) is 0 Å². The molecule has 22 heteroatoms. The smallest absolute Gasteiger partial charge is 0.251 e. The SMILES string of the molecule is CNC(=O)[C@H]1O[C@@H](n2cnc3c(NCc4cccc(I)c4)ncnc32)[C@H](O)[C@@H]1O.CNC(=O)[C@H]1O[C@@H](n2cnc3c(NCc4cccc(I)c4)ncnc32)[C@H](O)[C@@H]1O. The number of anilines is 2. The van der Waals surface area contributed by atoms with Crippen molar-refractivity contribution in [2.75, 3.05) is 24.7 Å². The van der Waals surface area contributed by atoms with E-state index in [1.54, 1.807) is 0 Å². The van der Waals surface area contributed by atoms with E-state index < -0.39 is 60.9 Å². The largest absolute Gasteiger partial charge is 0.387 e. The Hall–Kier alpha value is -4.70. The second kappa shape index (κ2) is 18.1. The maximum absolute atomic E-state index is 11.9. The fourth-order valence-corrected chi connectivity index (χ4v) is 7.71. The fourth-order valence-electron chi connectivity index (χ4n) is 6.50. The van der Waals surface area contributed by atoms with Crippen LogP contribution in [0.3, 0.4) is 0 Å². The van der Waals surface area contributed by atoms with E-state index in [0.717, 1.165) is 18.3 Å². The maximum atomic E-state index is 11.9. The fraction of sp³-hybridized carbons (Fsp3) is 0.333. The van der Waals surface area contributed by atoms with Crippen molar-refractivity contribution in [2.24, 2.45) is 0 Å². The summed E-state index contributed by atoms with van der Waals surface area (Å²) in [5, 5.41) is 52.4. The Labute approximate surface area is 357 Å². The van der Waals surface area contributed by atoms with Gasteiger partial charge in [-0.1, -0.05) is 24.3 Å². The molecule has 8 atom stereocenters. The van der Waals surface area contributed by atoms with Gasteiger partial charge in [-0.2, -0.15) is 0 Å². The third-order valence-electron chi connectivity index (χ3n) is 9.45. The Morgan fingerprint density at radius 3 is 1.43 bits per heavy atom. The molecule has 2 fully saturated rings. The molecule has 20 nitrogen and oxygen atoms in total. The predicted molar refractivity (Wildman–Crippen MR) is 224 cm³/mol. The van der Waals surface area contributed by atoms with Crippen LogP contribution in [-0.2, 0) is 32.2 Å². The van der Waals surface area contributed by atoms with Crippen LogP contribution < -0.4 is 21.3 Å². The van der Waals surface area contributed by atoms with Crippen molar-refractivity contribution in [3.05, 3.63) is 92.1 Å². The number of hydrogen-bond donors (Lipinski definition) is 8. The normalized spacial score (nSPS) is 24.0. The van der Waals surface area contributed by atoms with E-state index in [0.29, 0.717) is 47.1 Å². The van der Waals surface area contributed by atoms with Gasteiger partial charge < -0.3 is 51.2 Å². The number of ether oxygens (including phenoxy) is 2. The molecule has 304 valence electrons. The number of rotatable bonds is 10. The van der Waals surface area contributed by atoms with Crippen LogP contribution in [0.2, 0.25) is 0 Å². The molecule has 8 N–H and O–H groups in total. The lowest BCUT2D eigenvalue weighted by molar-refractivity contribution is -0.137. The first kappa shape index (κ1) is 41.5. The van der Waals surface area contributed by atoms with E-state index in [4.69, 9.17) is 9.47 Å². The van der Waals surface area contributed by atoms with Gasteiger partial charge in [0.2, 0.25) is 0 Å². The Morgan fingerprint density at radius 2 is 1.05 bits per heavy atom. The molecule has 2 aromatic carbocycles. The highest BCUT2D eigenvalue weighted by molar-refractivity contribution is 14.1. The average Bonchev–Trinajstić information content (AvgIpc) is 4.00. The minimum Gasteiger partial charge on any atom is -0.387 e. The zero-order chi connectivity index (χ0) is 41.1. The zero-order valence-electron chi connectivity index (χ0n) is 30.7. The van der Waals surface area contributed by atoms with E-state index in [1.807, 2.05) is 36.4 Å². The summed E-state index contributed by atoms with van der Waals surface area (Å²) in [5.41, 5.74) is 4.00. The van der Waals surface area contributed by atoms with Gasteiger partial charge in [0.15, 0.2) is 58.6 Å². The summed E-state index contributed by atoms with van der Waals surface area (Å²) in [6, 6.07) is 16.1. The summed E-state index contributed by atoms with van der Waals surface area (Å²) in [6.07, 6.45) is -4.07. The van der Waals surface area contributed by atoms with E-state index >= 15 is 0 Å². The number of fused-ring (bicyclic) bond motifs is 2. The summed E-state index contributed by atoms with van der Waals surface area (Å²) in [5.74, 6) is 0.0305. The molecule has 0 aliphatic carbocycles. The molecule has 0 unspecified atom stereocenters. The molecule has 0 radical (unpaired) electrons. The van der Waals surface area contributed by atoms with Crippen LogP contribution in [0.25, 0.3) is 22.3 Å². The Morgan fingerprint density at radius 1 is 0.638 bits per heavy atom. The molecule has 2 amide bonds. The van der Waals surface area contributed by atoms with Crippen molar-refractivity contribution in [3.63, 3.8) is 0 Å². The number of nitrogens with one attached hydrogen (secondary N) is 4. The molecular formula is C36H38I2N12O8. The molecule has 0 spiro atoms. The topological polar surface area (TPSA) is 269 Å². The molecule has 2 aliphatic rings. The van der Waals surface area contributed by atoms with E-state index in [-0.39, 0.29) is 0 Å². The molecule has 6 heterocycles. The number of aliphatic hydroxyl groups excluding tert-OH is 4. The summed E-state index contributed by atoms with van der Waals surface area (Å²) < 4.78 is 16.5. The number of amides is 2. The summed E-state index contributed by atoms with van der Waals surface area (Å²) in [6.45, 7) is 1.10. The van der Waals surface area contributed by atoms with E-state index in [2.05, 4.69) is 108 Å². The molecule has 8 rings (SSSR count). The number of aromatic nitrogens is 8. The van der Waals surface area contributed by atoms with Gasteiger partial charge >= 0.3 is 0 Å². The van der Waals surface area contributed by atoms with Crippen molar-refractivity contribution < 1.29 is 39.5 Å². The zero-order valence-corrected chi connectivity index (χ0v) is 35.0. The first-order valence-corrected chi connectivity index (χ1v) is 19.9. The number of hydrogen-bond acceptors (Lipinski definition) is 16.